The Kier molecular flexibility index (Phi) is 4.80. The molecule has 3 nitrogen and oxygen atoms in total. The summed E-state index contributed by atoms with van der Waals surface area (Å²) in [5, 5.41) is 9.15. The van der Waals surface area contributed by atoms with Gasteiger partial charge in [0.05, 0.1) is 12.7 Å². The molecule has 0 amide bonds. The van der Waals surface area contributed by atoms with E-state index in [0.29, 0.717) is 5.92 Å². The van der Waals surface area contributed by atoms with Gasteiger partial charge in [-0.3, -0.25) is 0 Å². The lowest BCUT2D eigenvalue weighted by molar-refractivity contribution is 0.233. The first-order valence-electron chi connectivity index (χ1n) is 6.62. The van der Waals surface area contributed by atoms with Crippen LogP contribution in [0, 0.1) is 5.92 Å². The summed E-state index contributed by atoms with van der Waals surface area (Å²) in [6.07, 6.45) is 1.21. The van der Waals surface area contributed by atoms with Crippen molar-refractivity contribution in [2.24, 2.45) is 5.92 Å². The van der Waals surface area contributed by atoms with Crippen molar-refractivity contribution >= 4 is 8.32 Å². The fourth-order valence-corrected chi connectivity index (χ4v) is 4.30. The Hall–Kier alpha value is 0.0969. The molecule has 0 aromatic carbocycles. The molecule has 1 N–H and O–H groups in total. The molecule has 2 atom stereocenters. The molecule has 0 saturated carbocycles. The molecule has 0 radical (unpaired) electrons. The lowest BCUT2D eigenvalue weighted by Crippen LogP contribution is -2.45. The Morgan fingerprint density at radius 1 is 1.29 bits per heavy atom. The van der Waals surface area contributed by atoms with E-state index >= 15 is 0 Å². The van der Waals surface area contributed by atoms with E-state index in [1.807, 2.05) is 0 Å². The molecule has 1 fully saturated rings. The first-order valence-corrected chi connectivity index (χ1v) is 9.53. The molecule has 0 aromatic heterocycles. The molecule has 0 spiro atoms. The van der Waals surface area contributed by atoms with Gasteiger partial charge in [0.25, 0.3) is 0 Å². The summed E-state index contributed by atoms with van der Waals surface area (Å²) in [4.78, 5) is 0. The fraction of sp³-hybridized carbons (Fsp3) is 1.00. The highest BCUT2D eigenvalue weighted by atomic mass is 28.4. The molecule has 0 aromatic rings. The minimum absolute atomic E-state index is 0.0708. The monoisotopic (exact) mass is 260 g/mol. The Labute approximate surface area is 107 Å². The van der Waals surface area contributed by atoms with Crippen molar-refractivity contribution in [3.63, 3.8) is 0 Å². The highest BCUT2D eigenvalue weighted by Crippen LogP contribution is 2.44. The fourth-order valence-electron chi connectivity index (χ4n) is 1.91. The summed E-state index contributed by atoms with van der Waals surface area (Å²) in [6, 6.07) is 0. The predicted octanol–water partition coefficient (Wildman–Crippen LogP) is 2.79. The normalized spacial score (nSPS) is 25.4. The molecule has 102 valence electrons. The SMILES string of the molecule is CC(C)C(C)(C)[Si](C)(C)OCC[C@H]1O[C@@H]1CO. The predicted molar refractivity (Wildman–Crippen MR) is 72.7 cm³/mol. The van der Waals surface area contributed by atoms with Crippen molar-refractivity contribution in [2.45, 2.75) is 64.5 Å². The minimum atomic E-state index is -1.68. The van der Waals surface area contributed by atoms with Gasteiger partial charge in [0.15, 0.2) is 8.32 Å². The van der Waals surface area contributed by atoms with Gasteiger partial charge in [0.1, 0.15) is 6.10 Å². The van der Waals surface area contributed by atoms with Crippen LogP contribution in [-0.2, 0) is 9.16 Å². The van der Waals surface area contributed by atoms with Crippen LogP contribution in [0.3, 0.4) is 0 Å². The van der Waals surface area contributed by atoms with Crippen molar-refractivity contribution in [1.82, 2.24) is 0 Å². The molecule has 1 aliphatic rings. The van der Waals surface area contributed by atoms with Crippen molar-refractivity contribution in [2.75, 3.05) is 13.2 Å². The molecular weight excluding hydrogens is 232 g/mol. The van der Waals surface area contributed by atoms with Crippen molar-refractivity contribution in [1.29, 1.82) is 0 Å². The van der Waals surface area contributed by atoms with Gasteiger partial charge >= 0.3 is 0 Å². The van der Waals surface area contributed by atoms with E-state index in [9.17, 15) is 0 Å². The average Bonchev–Trinajstić information content (AvgIpc) is 2.95. The molecule has 0 aliphatic carbocycles. The maximum atomic E-state index is 8.88. The third-order valence-electron chi connectivity index (χ3n) is 4.73. The van der Waals surface area contributed by atoms with E-state index in [1.165, 1.54) is 0 Å². The quantitative estimate of drug-likeness (QED) is 0.565. The van der Waals surface area contributed by atoms with Crippen LogP contribution >= 0.6 is 0 Å². The first-order chi connectivity index (χ1) is 7.72. The maximum absolute atomic E-state index is 8.88. The lowest BCUT2D eigenvalue weighted by Gasteiger charge is -2.42. The largest absolute Gasteiger partial charge is 0.417 e. The summed E-state index contributed by atoms with van der Waals surface area (Å²) < 4.78 is 11.5. The minimum Gasteiger partial charge on any atom is -0.417 e. The number of ether oxygens (including phenoxy) is 1. The molecule has 1 heterocycles. The summed E-state index contributed by atoms with van der Waals surface area (Å²) in [6.45, 7) is 14.7. The van der Waals surface area contributed by atoms with Gasteiger partial charge in [-0.15, -0.1) is 0 Å². The smallest absolute Gasteiger partial charge is 0.192 e. The molecule has 17 heavy (non-hydrogen) atoms. The molecule has 1 aliphatic heterocycles. The Morgan fingerprint density at radius 2 is 1.88 bits per heavy atom. The highest BCUT2D eigenvalue weighted by Gasteiger charge is 2.44. The summed E-state index contributed by atoms with van der Waals surface area (Å²) >= 11 is 0. The van der Waals surface area contributed by atoms with E-state index in [2.05, 4.69) is 40.8 Å². The Morgan fingerprint density at radius 3 is 2.29 bits per heavy atom. The lowest BCUT2D eigenvalue weighted by atomic mass is 9.99. The van der Waals surface area contributed by atoms with E-state index in [-0.39, 0.29) is 23.9 Å². The van der Waals surface area contributed by atoms with E-state index in [4.69, 9.17) is 14.3 Å². The van der Waals surface area contributed by atoms with Crippen LogP contribution in [0.4, 0.5) is 0 Å². The molecule has 4 heteroatoms. The van der Waals surface area contributed by atoms with E-state index in [1.54, 1.807) is 0 Å². The Balaban J connectivity index is 2.34. The molecule has 0 unspecified atom stereocenters. The number of aliphatic hydroxyl groups is 1. The summed E-state index contributed by atoms with van der Waals surface area (Å²) in [5.41, 5.74) is 0. The topological polar surface area (TPSA) is 42.0 Å². The summed E-state index contributed by atoms with van der Waals surface area (Å²) in [5.74, 6) is 0.631. The maximum Gasteiger partial charge on any atom is 0.192 e. The van der Waals surface area contributed by atoms with Gasteiger partial charge in [-0.25, -0.2) is 0 Å². The zero-order valence-corrected chi connectivity index (χ0v) is 13.1. The number of hydrogen-bond acceptors (Lipinski definition) is 3. The Bertz CT molecular complexity index is 251. The van der Waals surface area contributed by atoms with Crippen molar-refractivity contribution in [3.8, 4) is 0 Å². The third kappa shape index (κ3) is 3.53. The van der Waals surface area contributed by atoms with Gasteiger partial charge in [-0.1, -0.05) is 27.7 Å². The van der Waals surface area contributed by atoms with Crippen LogP contribution in [0.2, 0.25) is 18.1 Å². The van der Waals surface area contributed by atoms with Crippen molar-refractivity contribution < 1.29 is 14.3 Å². The second kappa shape index (κ2) is 5.39. The van der Waals surface area contributed by atoms with Crippen LogP contribution in [0.5, 0.6) is 0 Å². The number of rotatable bonds is 7. The zero-order chi connectivity index (χ0) is 13.3. The molecule has 1 saturated heterocycles. The number of hydrogen-bond donors (Lipinski definition) is 1. The van der Waals surface area contributed by atoms with E-state index in [0.717, 1.165) is 13.0 Å². The second-order valence-electron chi connectivity index (χ2n) is 6.42. The highest BCUT2D eigenvalue weighted by molar-refractivity contribution is 6.74. The molecule has 0 bridgehead atoms. The molecule has 1 rings (SSSR count). The van der Waals surface area contributed by atoms with Crippen LogP contribution in [0.15, 0.2) is 0 Å². The second-order valence-corrected chi connectivity index (χ2v) is 11.0. The third-order valence-corrected chi connectivity index (χ3v) is 9.33. The van der Waals surface area contributed by atoms with Crippen molar-refractivity contribution in [3.05, 3.63) is 0 Å². The van der Waals surface area contributed by atoms with Gasteiger partial charge in [0.2, 0.25) is 0 Å². The van der Waals surface area contributed by atoms with Crippen LogP contribution < -0.4 is 0 Å². The van der Waals surface area contributed by atoms with Crippen LogP contribution in [-0.4, -0.2) is 38.8 Å². The van der Waals surface area contributed by atoms with Gasteiger partial charge in [0, 0.05) is 6.61 Å². The number of epoxide rings is 1. The molecular formula is C13H28O3Si. The number of aliphatic hydroxyl groups excluding tert-OH is 1. The standard InChI is InChI=1S/C13H28O3Si/c1-10(2)13(3,4)17(5,6)15-8-7-11-12(9-14)16-11/h10-12,14H,7-9H2,1-6H3/t11-,12-/m1/s1. The van der Waals surface area contributed by atoms with Crippen LogP contribution in [0.1, 0.15) is 34.1 Å². The first kappa shape index (κ1) is 15.2. The van der Waals surface area contributed by atoms with Gasteiger partial charge in [-0.05, 0) is 30.5 Å². The van der Waals surface area contributed by atoms with Gasteiger partial charge in [-0.2, -0.15) is 0 Å². The zero-order valence-electron chi connectivity index (χ0n) is 12.1. The van der Waals surface area contributed by atoms with Crippen LogP contribution in [0.25, 0.3) is 0 Å². The van der Waals surface area contributed by atoms with E-state index < -0.39 is 8.32 Å². The summed E-state index contributed by atoms with van der Waals surface area (Å²) in [7, 11) is -1.68. The van der Waals surface area contributed by atoms with Gasteiger partial charge < -0.3 is 14.3 Å². The average molecular weight is 260 g/mol.